The Morgan fingerprint density at radius 3 is 2.45 bits per heavy atom. The lowest BCUT2D eigenvalue weighted by atomic mass is 10.1. The summed E-state index contributed by atoms with van der Waals surface area (Å²) < 4.78 is 47.6. The van der Waals surface area contributed by atoms with Crippen LogP contribution in [0.2, 0.25) is 5.02 Å². The Kier molecular flexibility index (Phi) is 6.64. The first-order chi connectivity index (χ1) is 15.6. The van der Waals surface area contributed by atoms with Crippen LogP contribution < -0.4 is 4.74 Å². The van der Waals surface area contributed by atoms with Crippen molar-refractivity contribution in [3.63, 3.8) is 0 Å². The van der Waals surface area contributed by atoms with Gasteiger partial charge in [-0.25, -0.2) is 14.1 Å². The highest BCUT2D eigenvalue weighted by atomic mass is 35.5. The first-order valence-corrected chi connectivity index (χ1v) is 11.6. The number of thiophene rings is 1. The van der Waals surface area contributed by atoms with Crippen LogP contribution >= 0.6 is 46.1 Å². The Hall–Kier alpha value is -2.26. The lowest BCUT2D eigenvalue weighted by molar-refractivity contribution is -0.163. The van der Waals surface area contributed by atoms with Crippen LogP contribution in [0.1, 0.15) is 5.56 Å². The number of nitrogens with zero attached hydrogens (tertiary/aromatic N) is 3. The normalized spacial score (nSPS) is 11.9. The molecule has 0 atom stereocenters. The molecule has 0 aliphatic carbocycles. The Labute approximate surface area is 206 Å². The molecule has 4 aromatic rings. The number of hydrogen-bond acceptors (Lipinski definition) is 4. The van der Waals surface area contributed by atoms with E-state index in [1.54, 1.807) is 29.9 Å². The summed E-state index contributed by atoms with van der Waals surface area (Å²) >= 11 is 18.1. The predicted octanol–water partition coefficient (Wildman–Crippen LogP) is 7.75. The van der Waals surface area contributed by atoms with E-state index in [-0.39, 0.29) is 22.2 Å². The summed E-state index contributed by atoms with van der Waals surface area (Å²) in [6.07, 6.45) is -3.71. The molecule has 0 spiro atoms. The Balaban J connectivity index is 1.65. The van der Waals surface area contributed by atoms with Crippen LogP contribution in [-0.2, 0) is 7.05 Å². The van der Waals surface area contributed by atoms with Gasteiger partial charge in [-0.3, -0.25) is 0 Å². The number of halogens is 6. The molecule has 2 aromatic heterocycles. The van der Waals surface area contributed by atoms with Gasteiger partial charge in [0.15, 0.2) is 11.6 Å². The highest BCUT2D eigenvalue weighted by molar-refractivity contribution is 7.14. The number of hydrogen-bond donors (Lipinski definition) is 0. The zero-order valence-corrected chi connectivity index (χ0v) is 20.2. The van der Waals surface area contributed by atoms with E-state index in [0.29, 0.717) is 5.82 Å². The van der Waals surface area contributed by atoms with Crippen LogP contribution in [0.15, 0.2) is 47.8 Å². The molecule has 172 valence electrons. The topological polar surface area (TPSA) is 39.9 Å². The van der Waals surface area contributed by atoms with Gasteiger partial charge >= 0.3 is 6.11 Å². The number of alkyl halides is 4. The van der Waals surface area contributed by atoms with Gasteiger partial charge in [0.1, 0.15) is 11.6 Å². The molecule has 4 rings (SSSR count). The van der Waals surface area contributed by atoms with Gasteiger partial charge in [0.25, 0.3) is 0 Å². The second kappa shape index (κ2) is 9.18. The van der Waals surface area contributed by atoms with E-state index in [9.17, 15) is 13.2 Å². The van der Waals surface area contributed by atoms with Crippen LogP contribution in [0, 0.1) is 12.7 Å². The molecule has 0 radical (unpaired) electrons. The van der Waals surface area contributed by atoms with Crippen LogP contribution in [0.25, 0.3) is 33.2 Å². The Bertz CT molecular complexity index is 1290. The van der Waals surface area contributed by atoms with Crippen LogP contribution in [0.4, 0.5) is 13.2 Å². The van der Waals surface area contributed by atoms with E-state index in [0.717, 1.165) is 21.6 Å². The van der Waals surface area contributed by atoms with Crippen molar-refractivity contribution < 1.29 is 17.9 Å². The average molecular weight is 533 g/mol. The Morgan fingerprint density at radius 2 is 1.82 bits per heavy atom. The smallest absolute Gasteiger partial charge is 0.428 e. The van der Waals surface area contributed by atoms with Gasteiger partial charge in [-0.1, -0.05) is 40.9 Å². The van der Waals surface area contributed by atoms with Crippen molar-refractivity contribution in [3.8, 4) is 39.0 Å². The van der Waals surface area contributed by atoms with E-state index in [1.807, 2.05) is 12.3 Å². The fourth-order valence-electron chi connectivity index (χ4n) is 3.23. The van der Waals surface area contributed by atoms with E-state index in [2.05, 4.69) is 14.8 Å². The van der Waals surface area contributed by atoms with Crippen LogP contribution in [0.3, 0.4) is 0 Å². The SMILES string of the molecule is Cc1c(-c2nc(-c3c(F)cccc3Cl)nn2C)csc1-c1ccc(OC(F)(F)C(Cl)Cl)cc1. The van der Waals surface area contributed by atoms with Gasteiger partial charge in [-0.05, 0) is 54.4 Å². The number of benzene rings is 2. The zero-order chi connectivity index (χ0) is 23.9. The first-order valence-electron chi connectivity index (χ1n) is 9.47. The van der Waals surface area contributed by atoms with Crippen molar-refractivity contribution in [1.82, 2.24) is 14.8 Å². The molecule has 0 amide bonds. The standard InChI is InChI=1S/C22H15Cl3F3N3OS/c1-11-14(20-29-19(30-31(20)2)17-15(23)4-3-5-16(17)26)10-33-18(11)12-6-8-13(9-7-12)32-22(27,28)21(24)25/h3-10,21H,1-2H3. The van der Waals surface area contributed by atoms with E-state index < -0.39 is 16.8 Å². The lowest BCUT2D eigenvalue weighted by Crippen LogP contribution is -2.32. The van der Waals surface area contributed by atoms with Crippen molar-refractivity contribution >= 4 is 46.1 Å². The van der Waals surface area contributed by atoms with Gasteiger partial charge in [-0.2, -0.15) is 13.9 Å². The summed E-state index contributed by atoms with van der Waals surface area (Å²) in [4.78, 5) is 3.43. The quantitative estimate of drug-likeness (QED) is 0.238. The third-order valence-electron chi connectivity index (χ3n) is 4.85. The van der Waals surface area contributed by atoms with E-state index in [1.165, 1.54) is 35.6 Å². The monoisotopic (exact) mass is 531 g/mol. The highest BCUT2D eigenvalue weighted by Crippen LogP contribution is 2.39. The van der Waals surface area contributed by atoms with Gasteiger partial charge in [-0.15, -0.1) is 11.3 Å². The van der Waals surface area contributed by atoms with Crippen LogP contribution in [-0.4, -0.2) is 25.7 Å². The number of ether oxygens (including phenoxy) is 1. The van der Waals surface area contributed by atoms with Crippen molar-refractivity contribution in [2.45, 2.75) is 17.9 Å². The summed E-state index contributed by atoms with van der Waals surface area (Å²) in [5, 5.41) is 6.47. The fraction of sp³-hybridized carbons (Fsp3) is 0.182. The van der Waals surface area contributed by atoms with E-state index in [4.69, 9.17) is 34.8 Å². The maximum atomic E-state index is 14.3. The van der Waals surface area contributed by atoms with Gasteiger partial charge in [0.05, 0.1) is 10.6 Å². The predicted molar refractivity (Wildman–Crippen MR) is 126 cm³/mol. The molecule has 2 aromatic carbocycles. The molecule has 0 saturated heterocycles. The first kappa shape index (κ1) is 23.9. The number of aryl methyl sites for hydroxylation is 1. The molecule has 0 fully saturated rings. The van der Waals surface area contributed by atoms with Crippen molar-refractivity contribution in [2.24, 2.45) is 7.05 Å². The minimum Gasteiger partial charge on any atom is -0.431 e. The maximum Gasteiger partial charge on any atom is 0.428 e. The molecule has 0 saturated carbocycles. The number of rotatable bonds is 6. The highest BCUT2D eigenvalue weighted by Gasteiger charge is 2.40. The second-order valence-electron chi connectivity index (χ2n) is 7.07. The molecule has 0 N–H and O–H groups in total. The summed E-state index contributed by atoms with van der Waals surface area (Å²) in [6, 6.07) is 10.5. The van der Waals surface area contributed by atoms with Gasteiger partial charge in [0, 0.05) is 22.9 Å². The molecule has 33 heavy (non-hydrogen) atoms. The summed E-state index contributed by atoms with van der Waals surface area (Å²) in [7, 11) is 1.71. The third-order valence-corrected chi connectivity index (χ3v) is 6.81. The largest absolute Gasteiger partial charge is 0.431 e. The zero-order valence-electron chi connectivity index (χ0n) is 17.1. The molecule has 0 aliphatic rings. The summed E-state index contributed by atoms with van der Waals surface area (Å²) in [5.41, 5.74) is 2.65. The molecule has 11 heteroatoms. The summed E-state index contributed by atoms with van der Waals surface area (Å²) in [6.45, 7) is 1.91. The molecule has 0 aliphatic heterocycles. The molecular weight excluding hydrogens is 518 g/mol. The molecule has 0 bridgehead atoms. The average Bonchev–Trinajstić information content (AvgIpc) is 3.30. The summed E-state index contributed by atoms with van der Waals surface area (Å²) in [5.74, 6) is 0.148. The molecule has 0 unspecified atom stereocenters. The number of aromatic nitrogens is 3. The third kappa shape index (κ3) is 4.71. The van der Waals surface area contributed by atoms with Crippen molar-refractivity contribution in [1.29, 1.82) is 0 Å². The molecule has 2 heterocycles. The lowest BCUT2D eigenvalue weighted by Gasteiger charge is -2.18. The van der Waals surface area contributed by atoms with Gasteiger partial charge in [0.2, 0.25) is 4.84 Å². The van der Waals surface area contributed by atoms with Crippen LogP contribution in [0.5, 0.6) is 5.75 Å². The van der Waals surface area contributed by atoms with Gasteiger partial charge < -0.3 is 4.74 Å². The maximum absolute atomic E-state index is 14.3. The minimum absolute atomic E-state index is 0.0656. The fourth-order valence-corrected chi connectivity index (χ4v) is 4.65. The minimum atomic E-state index is -3.71. The van der Waals surface area contributed by atoms with Crippen molar-refractivity contribution in [2.75, 3.05) is 0 Å². The molecule has 4 nitrogen and oxygen atoms in total. The second-order valence-corrected chi connectivity index (χ2v) is 9.45. The van der Waals surface area contributed by atoms with Crippen molar-refractivity contribution in [3.05, 3.63) is 64.2 Å². The Morgan fingerprint density at radius 1 is 1.12 bits per heavy atom. The molecular formula is C22H15Cl3F3N3OS. The van der Waals surface area contributed by atoms with E-state index >= 15 is 0 Å².